The zero-order chi connectivity index (χ0) is 11.3. The maximum atomic E-state index is 11.6. The molecule has 1 aliphatic rings. The standard InChI is InChI=1S/C11H22N2OS/c1-4-6-12-11(14)8(2)13-10-5-7-15-9(10)3/h8-10,13H,4-7H2,1-3H3,(H,12,14). The van der Waals surface area contributed by atoms with Crippen LogP contribution in [-0.2, 0) is 4.79 Å². The minimum Gasteiger partial charge on any atom is -0.355 e. The lowest BCUT2D eigenvalue weighted by molar-refractivity contribution is -0.122. The lowest BCUT2D eigenvalue weighted by Gasteiger charge is -2.21. The number of carbonyl (C=O) groups is 1. The molecule has 1 aliphatic heterocycles. The number of thioether (sulfide) groups is 1. The molecule has 3 unspecified atom stereocenters. The molecule has 2 N–H and O–H groups in total. The summed E-state index contributed by atoms with van der Waals surface area (Å²) in [4.78, 5) is 11.6. The van der Waals surface area contributed by atoms with Crippen molar-refractivity contribution in [2.24, 2.45) is 0 Å². The van der Waals surface area contributed by atoms with Gasteiger partial charge in [-0.3, -0.25) is 4.79 Å². The summed E-state index contributed by atoms with van der Waals surface area (Å²) in [6.07, 6.45) is 2.17. The molecule has 0 saturated carbocycles. The lowest BCUT2D eigenvalue weighted by Crippen LogP contribution is -2.48. The quantitative estimate of drug-likeness (QED) is 0.750. The Bertz CT molecular complexity index is 211. The van der Waals surface area contributed by atoms with Gasteiger partial charge in [0.25, 0.3) is 0 Å². The molecule has 1 heterocycles. The molecular formula is C11H22N2OS. The van der Waals surface area contributed by atoms with Crippen molar-refractivity contribution in [3.05, 3.63) is 0 Å². The van der Waals surface area contributed by atoms with Crippen LogP contribution >= 0.6 is 11.8 Å². The van der Waals surface area contributed by atoms with Crippen LogP contribution in [0, 0.1) is 0 Å². The molecule has 15 heavy (non-hydrogen) atoms. The van der Waals surface area contributed by atoms with Crippen LogP contribution in [0.1, 0.15) is 33.6 Å². The highest BCUT2D eigenvalue weighted by Gasteiger charge is 2.26. The van der Waals surface area contributed by atoms with Crippen molar-refractivity contribution in [3.8, 4) is 0 Å². The second-order valence-electron chi connectivity index (χ2n) is 4.15. The van der Waals surface area contributed by atoms with E-state index in [1.807, 2.05) is 18.7 Å². The minimum atomic E-state index is -0.0669. The molecule has 1 saturated heterocycles. The van der Waals surface area contributed by atoms with Crippen LogP contribution < -0.4 is 10.6 Å². The molecule has 3 nitrogen and oxygen atoms in total. The van der Waals surface area contributed by atoms with Gasteiger partial charge in [0.2, 0.25) is 5.91 Å². The van der Waals surface area contributed by atoms with Gasteiger partial charge in [0.1, 0.15) is 0 Å². The highest BCUT2D eigenvalue weighted by Crippen LogP contribution is 2.26. The molecule has 0 aromatic heterocycles. The lowest BCUT2D eigenvalue weighted by atomic mass is 10.1. The smallest absolute Gasteiger partial charge is 0.236 e. The van der Waals surface area contributed by atoms with Crippen LogP contribution in [0.5, 0.6) is 0 Å². The maximum absolute atomic E-state index is 11.6. The topological polar surface area (TPSA) is 41.1 Å². The van der Waals surface area contributed by atoms with Gasteiger partial charge in [-0.2, -0.15) is 11.8 Å². The summed E-state index contributed by atoms with van der Waals surface area (Å²) in [6, 6.07) is 0.431. The van der Waals surface area contributed by atoms with Gasteiger partial charge in [0.05, 0.1) is 6.04 Å². The first-order chi connectivity index (χ1) is 7.15. The van der Waals surface area contributed by atoms with E-state index in [-0.39, 0.29) is 11.9 Å². The van der Waals surface area contributed by atoms with Crippen LogP contribution in [0.25, 0.3) is 0 Å². The third-order valence-electron chi connectivity index (χ3n) is 2.78. The first kappa shape index (κ1) is 12.8. The average Bonchev–Trinajstić information content (AvgIpc) is 2.61. The van der Waals surface area contributed by atoms with Crippen LogP contribution in [0.2, 0.25) is 0 Å². The van der Waals surface area contributed by atoms with Gasteiger partial charge in [0.15, 0.2) is 0 Å². The molecule has 1 fully saturated rings. The van der Waals surface area contributed by atoms with E-state index >= 15 is 0 Å². The predicted molar refractivity (Wildman–Crippen MR) is 66.2 cm³/mol. The van der Waals surface area contributed by atoms with Gasteiger partial charge in [-0.15, -0.1) is 0 Å². The van der Waals surface area contributed by atoms with E-state index in [0.29, 0.717) is 11.3 Å². The number of rotatable bonds is 5. The first-order valence-corrected chi connectivity index (χ1v) is 6.85. The average molecular weight is 230 g/mol. The molecule has 0 spiro atoms. The molecular weight excluding hydrogens is 208 g/mol. The molecule has 3 atom stereocenters. The zero-order valence-corrected chi connectivity index (χ0v) is 10.7. The monoisotopic (exact) mass is 230 g/mol. The Hall–Kier alpha value is -0.220. The first-order valence-electron chi connectivity index (χ1n) is 5.80. The Balaban J connectivity index is 2.27. The summed E-state index contributed by atoms with van der Waals surface area (Å²) in [5, 5.41) is 6.95. The van der Waals surface area contributed by atoms with E-state index in [2.05, 4.69) is 24.5 Å². The Morgan fingerprint density at radius 3 is 2.87 bits per heavy atom. The van der Waals surface area contributed by atoms with Crippen molar-refractivity contribution >= 4 is 17.7 Å². The SMILES string of the molecule is CCCNC(=O)C(C)NC1CCSC1C. The molecule has 4 heteroatoms. The fourth-order valence-electron chi connectivity index (χ4n) is 1.75. The molecule has 1 amide bonds. The number of hydrogen-bond acceptors (Lipinski definition) is 3. The zero-order valence-electron chi connectivity index (χ0n) is 9.88. The summed E-state index contributed by atoms with van der Waals surface area (Å²) in [7, 11) is 0. The Kier molecular flexibility index (Phi) is 5.47. The fourth-order valence-corrected chi connectivity index (χ4v) is 2.96. The predicted octanol–water partition coefficient (Wildman–Crippen LogP) is 1.38. The third kappa shape index (κ3) is 4.03. The normalized spacial score (nSPS) is 27.7. The highest BCUT2D eigenvalue weighted by atomic mass is 32.2. The maximum Gasteiger partial charge on any atom is 0.236 e. The van der Waals surface area contributed by atoms with E-state index in [0.717, 1.165) is 13.0 Å². The van der Waals surface area contributed by atoms with E-state index in [1.165, 1.54) is 12.2 Å². The van der Waals surface area contributed by atoms with Gasteiger partial charge in [-0.25, -0.2) is 0 Å². The van der Waals surface area contributed by atoms with Gasteiger partial charge in [-0.1, -0.05) is 13.8 Å². The largest absolute Gasteiger partial charge is 0.355 e. The molecule has 0 radical (unpaired) electrons. The number of nitrogens with one attached hydrogen (secondary N) is 2. The minimum absolute atomic E-state index is 0.0669. The summed E-state index contributed by atoms with van der Waals surface area (Å²) in [5.41, 5.74) is 0. The number of carbonyl (C=O) groups excluding carboxylic acids is 1. The Labute approximate surface area is 96.8 Å². The molecule has 0 aromatic carbocycles. The van der Waals surface area contributed by atoms with Crippen molar-refractivity contribution in [2.45, 2.75) is 50.9 Å². The Morgan fingerprint density at radius 1 is 1.60 bits per heavy atom. The van der Waals surface area contributed by atoms with Crippen LogP contribution in [0.3, 0.4) is 0 Å². The van der Waals surface area contributed by atoms with Crippen molar-refractivity contribution in [3.63, 3.8) is 0 Å². The molecule has 88 valence electrons. The van der Waals surface area contributed by atoms with E-state index in [1.54, 1.807) is 0 Å². The molecule has 0 bridgehead atoms. The Morgan fingerprint density at radius 2 is 2.33 bits per heavy atom. The molecule has 0 aliphatic carbocycles. The molecule has 1 rings (SSSR count). The fraction of sp³-hybridized carbons (Fsp3) is 0.909. The van der Waals surface area contributed by atoms with Crippen molar-refractivity contribution in [1.29, 1.82) is 0 Å². The van der Waals surface area contributed by atoms with Gasteiger partial charge in [-0.05, 0) is 25.5 Å². The van der Waals surface area contributed by atoms with Crippen LogP contribution in [-0.4, -0.2) is 35.5 Å². The second kappa shape index (κ2) is 6.38. The summed E-state index contributed by atoms with van der Waals surface area (Å²) in [6.45, 7) is 7.01. The van der Waals surface area contributed by atoms with E-state index in [4.69, 9.17) is 0 Å². The third-order valence-corrected chi connectivity index (χ3v) is 4.11. The van der Waals surface area contributed by atoms with Gasteiger partial charge >= 0.3 is 0 Å². The molecule has 0 aromatic rings. The van der Waals surface area contributed by atoms with Gasteiger partial charge in [0, 0.05) is 17.8 Å². The summed E-state index contributed by atoms with van der Waals surface area (Å²) >= 11 is 1.98. The van der Waals surface area contributed by atoms with Crippen molar-refractivity contribution in [1.82, 2.24) is 10.6 Å². The summed E-state index contributed by atoms with van der Waals surface area (Å²) < 4.78 is 0. The second-order valence-corrected chi connectivity index (χ2v) is 5.64. The van der Waals surface area contributed by atoms with Crippen LogP contribution in [0.15, 0.2) is 0 Å². The van der Waals surface area contributed by atoms with Crippen molar-refractivity contribution < 1.29 is 4.79 Å². The summed E-state index contributed by atoms with van der Waals surface area (Å²) in [5.74, 6) is 1.34. The number of amides is 1. The highest BCUT2D eigenvalue weighted by molar-refractivity contribution is 8.00. The number of hydrogen-bond donors (Lipinski definition) is 2. The van der Waals surface area contributed by atoms with Crippen molar-refractivity contribution in [2.75, 3.05) is 12.3 Å². The van der Waals surface area contributed by atoms with Crippen LogP contribution in [0.4, 0.5) is 0 Å². The van der Waals surface area contributed by atoms with E-state index < -0.39 is 0 Å². The van der Waals surface area contributed by atoms with E-state index in [9.17, 15) is 4.79 Å². The van der Waals surface area contributed by atoms with Gasteiger partial charge < -0.3 is 10.6 Å².